The van der Waals surface area contributed by atoms with Crippen molar-refractivity contribution < 1.29 is 22.9 Å². The Balaban J connectivity index is 3.96. The minimum Gasteiger partial charge on any atom is -0.391 e. The first-order chi connectivity index (χ1) is 22.8. The molecular weight excluding hydrogens is 607 g/mol. The Hall–Kier alpha value is -2.22. The molecule has 0 saturated heterocycles. The number of amides is 1. The van der Waals surface area contributed by atoms with E-state index in [2.05, 4.69) is 92.1 Å². The van der Waals surface area contributed by atoms with Crippen LogP contribution in [-0.2, 0) is 14.9 Å². The molecule has 1 amide bonds. The third-order valence-electron chi connectivity index (χ3n) is 7.93. The van der Waals surface area contributed by atoms with Crippen molar-refractivity contribution in [2.75, 3.05) is 5.75 Å². The van der Waals surface area contributed by atoms with Gasteiger partial charge >= 0.3 is 0 Å². The first kappa shape index (κ1) is 44.8. The molecule has 0 aromatic carbocycles. The van der Waals surface area contributed by atoms with E-state index in [1.807, 2.05) is 0 Å². The van der Waals surface area contributed by atoms with Crippen LogP contribution >= 0.6 is 0 Å². The quantitative estimate of drug-likeness (QED) is 0.0374. The summed E-state index contributed by atoms with van der Waals surface area (Å²) in [7, 11) is -4.31. The molecule has 2 atom stereocenters. The number of aliphatic hydroxyl groups is 1. The van der Waals surface area contributed by atoms with E-state index >= 15 is 0 Å². The second-order valence-electron chi connectivity index (χ2n) is 12.5. The van der Waals surface area contributed by atoms with E-state index in [4.69, 9.17) is 0 Å². The van der Waals surface area contributed by atoms with Gasteiger partial charge in [-0.05, 0) is 64.2 Å². The standard InChI is InChI=1S/C40H69NO5S/c1-3-5-7-9-11-13-14-15-16-17-18-19-20-21-22-23-24-25-26-28-30-32-34-36-40(43)41-38(37-47(44,45)46)39(42)35-33-31-29-27-12-10-8-6-4-2/h5,7,11,13,15-16,18-19,21-22,24-25,38-39,42H,3-4,6,8-10,12,14,17,20,23,26-37H2,1-2H3,(H,41,43)(H,44,45,46)/b7-5-,13-11-,16-15-,19-18-,22-21-,25-24-. The monoisotopic (exact) mass is 675 g/mol. The van der Waals surface area contributed by atoms with E-state index in [1.54, 1.807) is 0 Å². The van der Waals surface area contributed by atoms with Crippen LogP contribution in [0, 0.1) is 0 Å². The summed E-state index contributed by atoms with van der Waals surface area (Å²) in [5.74, 6) is -0.940. The van der Waals surface area contributed by atoms with Crippen molar-refractivity contribution in [3.8, 4) is 0 Å². The number of aliphatic hydroxyl groups excluding tert-OH is 1. The van der Waals surface area contributed by atoms with Crippen LogP contribution in [0.25, 0.3) is 0 Å². The smallest absolute Gasteiger partial charge is 0.266 e. The lowest BCUT2D eigenvalue weighted by atomic mass is 10.0. The lowest BCUT2D eigenvalue weighted by Crippen LogP contribution is -2.47. The van der Waals surface area contributed by atoms with E-state index in [0.29, 0.717) is 12.8 Å². The first-order valence-electron chi connectivity index (χ1n) is 18.6. The highest BCUT2D eigenvalue weighted by molar-refractivity contribution is 7.85. The van der Waals surface area contributed by atoms with Gasteiger partial charge in [-0.1, -0.05) is 157 Å². The number of nitrogens with one attached hydrogen (secondary N) is 1. The number of carbonyl (C=O) groups excluding carboxylic acids is 1. The van der Waals surface area contributed by atoms with E-state index in [0.717, 1.165) is 83.5 Å². The van der Waals surface area contributed by atoms with Gasteiger partial charge in [0.2, 0.25) is 5.91 Å². The minimum atomic E-state index is -4.31. The molecule has 0 saturated carbocycles. The van der Waals surface area contributed by atoms with Crippen molar-refractivity contribution in [3.05, 3.63) is 72.9 Å². The Morgan fingerprint density at radius 3 is 1.51 bits per heavy atom. The highest BCUT2D eigenvalue weighted by atomic mass is 32.2. The molecule has 0 aliphatic rings. The van der Waals surface area contributed by atoms with Gasteiger partial charge < -0.3 is 10.4 Å². The molecule has 2 unspecified atom stereocenters. The summed E-state index contributed by atoms with van der Waals surface area (Å²) in [6, 6.07) is -0.986. The lowest BCUT2D eigenvalue weighted by Gasteiger charge is -2.23. The van der Waals surface area contributed by atoms with Crippen LogP contribution in [-0.4, -0.2) is 41.9 Å². The van der Waals surface area contributed by atoms with Crippen LogP contribution in [0.2, 0.25) is 0 Å². The summed E-state index contributed by atoms with van der Waals surface area (Å²) in [4.78, 5) is 12.5. The van der Waals surface area contributed by atoms with Crippen molar-refractivity contribution in [2.45, 2.75) is 167 Å². The van der Waals surface area contributed by atoms with Crippen LogP contribution < -0.4 is 5.32 Å². The summed E-state index contributed by atoms with van der Waals surface area (Å²) in [5, 5.41) is 13.2. The van der Waals surface area contributed by atoms with Gasteiger partial charge in [0.15, 0.2) is 0 Å². The van der Waals surface area contributed by atoms with Gasteiger partial charge in [-0.2, -0.15) is 8.42 Å². The molecule has 6 nitrogen and oxygen atoms in total. The molecule has 0 fully saturated rings. The van der Waals surface area contributed by atoms with E-state index in [1.165, 1.54) is 38.5 Å². The number of carbonyl (C=O) groups is 1. The third kappa shape index (κ3) is 34.9. The summed E-state index contributed by atoms with van der Waals surface area (Å²) in [5.41, 5.74) is 0. The van der Waals surface area contributed by atoms with Crippen molar-refractivity contribution in [1.29, 1.82) is 0 Å². The summed E-state index contributed by atoms with van der Waals surface area (Å²) < 4.78 is 32.3. The van der Waals surface area contributed by atoms with Crippen molar-refractivity contribution in [1.82, 2.24) is 5.32 Å². The Labute approximate surface area is 289 Å². The number of hydrogen-bond acceptors (Lipinski definition) is 4. The molecule has 0 bridgehead atoms. The maximum absolute atomic E-state index is 12.5. The predicted octanol–water partition coefficient (Wildman–Crippen LogP) is 10.7. The molecule has 7 heteroatoms. The molecule has 0 radical (unpaired) electrons. The Morgan fingerprint density at radius 2 is 1.02 bits per heavy atom. The number of allylic oxidation sites excluding steroid dienone is 12. The predicted molar refractivity (Wildman–Crippen MR) is 202 cm³/mol. The van der Waals surface area contributed by atoms with Gasteiger partial charge in [0.25, 0.3) is 10.1 Å². The molecule has 0 aliphatic heterocycles. The zero-order valence-electron chi connectivity index (χ0n) is 29.9. The second kappa shape index (κ2) is 33.7. The first-order valence-corrected chi connectivity index (χ1v) is 20.2. The van der Waals surface area contributed by atoms with Crippen molar-refractivity contribution >= 4 is 16.0 Å². The molecule has 270 valence electrons. The largest absolute Gasteiger partial charge is 0.391 e. The molecule has 0 aromatic heterocycles. The van der Waals surface area contributed by atoms with Gasteiger partial charge in [0.1, 0.15) is 0 Å². The highest BCUT2D eigenvalue weighted by Crippen LogP contribution is 2.14. The maximum Gasteiger partial charge on any atom is 0.266 e. The van der Waals surface area contributed by atoms with Gasteiger partial charge in [-0.3, -0.25) is 9.35 Å². The van der Waals surface area contributed by atoms with E-state index in [9.17, 15) is 22.9 Å². The van der Waals surface area contributed by atoms with Crippen molar-refractivity contribution in [2.24, 2.45) is 0 Å². The summed E-state index contributed by atoms with van der Waals surface area (Å²) in [6.45, 7) is 4.36. The zero-order valence-corrected chi connectivity index (χ0v) is 30.7. The van der Waals surface area contributed by atoms with E-state index in [-0.39, 0.29) is 12.3 Å². The van der Waals surface area contributed by atoms with Crippen LogP contribution in [0.3, 0.4) is 0 Å². The molecule has 0 aliphatic carbocycles. The third-order valence-corrected chi connectivity index (χ3v) is 8.71. The Morgan fingerprint density at radius 1 is 0.596 bits per heavy atom. The fourth-order valence-electron chi connectivity index (χ4n) is 5.16. The maximum atomic E-state index is 12.5. The zero-order chi connectivity index (χ0) is 34.7. The molecule has 3 N–H and O–H groups in total. The lowest BCUT2D eigenvalue weighted by molar-refractivity contribution is -0.122. The molecule has 47 heavy (non-hydrogen) atoms. The van der Waals surface area contributed by atoms with Gasteiger partial charge in [-0.15, -0.1) is 0 Å². The number of rotatable bonds is 32. The normalized spacial score (nSPS) is 14.2. The van der Waals surface area contributed by atoms with Crippen molar-refractivity contribution in [3.63, 3.8) is 0 Å². The molecule has 0 spiro atoms. The average Bonchev–Trinajstić information content (AvgIpc) is 3.03. The summed E-state index contributed by atoms with van der Waals surface area (Å²) in [6.07, 6.45) is 47.1. The topological polar surface area (TPSA) is 104 Å². The average molecular weight is 676 g/mol. The Bertz CT molecular complexity index is 1010. The summed E-state index contributed by atoms with van der Waals surface area (Å²) >= 11 is 0. The SMILES string of the molecule is CC/C=C\C/C=C\C/C=C\C/C=C\C/C=C\C/C=C\CCCCCCC(=O)NC(CS(=O)(=O)O)C(O)CCCCCCCCCCC. The molecular formula is C40H69NO5S. The fourth-order valence-corrected chi connectivity index (χ4v) is 5.92. The molecule has 0 aromatic rings. The van der Waals surface area contributed by atoms with Crippen LogP contribution in [0.15, 0.2) is 72.9 Å². The molecule has 0 rings (SSSR count). The van der Waals surface area contributed by atoms with Gasteiger partial charge in [0, 0.05) is 6.42 Å². The second-order valence-corrected chi connectivity index (χ2v) is 14.0. The Kier molecular flexibility index (Phi) is 32.1. The van der Waals surface area contributed by atoms with Gasteiger partial charge in [-0.25, -0.2) is 0 Å². The minimum absolute atomic E-state index is 0.276. The van der Waals surface area contributed by atoms with Crippen LogP contribution in [0.1, 0.15) is 155 Å². The van der Waals surface area contributed by atoms with Gasteiger partial charge in [0.05, 0.1) is 17.9 Å². The highest BCUT2D eigenvalue weighted by Gasteiger charge is 2.26. The number of unbranched alkanes of at least 4 members (excludes halogenated alkanes) is 12. The van der Waals surface area contributed by atoms with Crippen LogP contribution in [0.4, 0.5) is 0 Å². The fraction of sp³-hybridized carbons (Fsp3) is 0.675. The number of hydrogen-bond donors (Lipinski definition) is 3. The van der Waals surface area contributed by atoms with Crippen LogP contribution in [0.5, 0.6) is 0 Å². The van der Waals surface area contributed by atoms with E-state index < -0.39 is 28.0 Å². The molecule has 0 heterocycles.